The molecule has 30 nitrogen and oxygen atoms in total. The third-order valence-electron chi connectivity index (χ3n) is 18.9. The summed E-state index contributed by atoms with van der Waals surface area (Å²) < 4.78 is 152. The Morgan fingerprint density at radius 1 is 0.379 bits per heavy atom. The highest BCUT2D eigenvalue weighted by Gasteiger charge is 2.35. The molecule has 12 aromatic carbocycles. The van der Waals surface area contributed by atoms with E-state index in [1.807, 2.05) is 29.7 Å². The van der Waals surface area contributed by atoms with Crippen LogP contribution in [-0.4, -0.2) is 131 Å². The Kier molecular flexibility index (Phi) is 43.2. The van der Waals surface area contributed by atoms with Crippen LogP contribution in [0.4, 0.5) is 15.3 Å². The van der Waals surface area contributed by atoms with Crippen molar-refractivity contribution in [1.82, 2.24) is 15.6 Å². The van der Waals surface area contributed by atoms with Gasteiger partial charge in [0.05, 0.1) is 59.9 Å². The molecule has 0 saturated heterocycles. The molecule has 4 atom stereocenters. The van der Waals surface area contributed by atoms with E-state index in [4.69, 9.17) is 136 Å². The van der Waals surface area contributed by atoms with Gasteiger partial charge in [0.1, 0.15) is 29.4 Å². The maximum atomic E-state index is 13.3. The van der Waals surface area contributed by atoms with Crippen LogP contribution in [0.3, 0.4) is 0 Å². The summed E-state index contributed by atoms with van der Waals surface area (Å²) in [4.78, 5) is 41.9. The van der Waals surface area contributed by atoms with Crippen LogP contribution in [0, 0.1) is 54.5 Å². The predicted octanol–water partition coefficient (Wildman–Crippen LogP) is 21.6. The van der Waals surface area contributed by atoms with Gasteiger partial charge in [-0.15, -0.1) is 5.06 Å². The summed E-state index contributed by atoms with van der Waals surface area (Å²) in [7, 11) is -22.0. The number of amides is 2. The average Bonchev–Trinajstić information content (AvgIpc) is 0.767. The van der Waals surface area contributed by atoms with Gasteiger partial charge < -0.3 is 25.5 Å². The van der Waals surface area contributed by atoms with Crippen LogP contribution in [0.5, 0.6) is 0 Å². The number of halogens is 9. The summed E-state index contributed by atoms with van der Waals surface area (Å²) >= 11 is 38.9. The van der Waals surface area contributed by atoms with Gasteiger partial charge >= 0.3 is 12.2 Å². The first-order valence-electron chi connectivity index (χ1n) is 42.0. The number of hydroxylamine groups is 5. The zero-order valence-corrected chi connectivity index (χ0v) is 93.6. The summed E-state index contributed by atoms with van der Waals surface area (Å²) in [6.07, 6.45) is -2.76. The molecular weight excluding hydrogens is 2360 g/mol. The van der Waals surface area contributed by atoms with E-state index in [-0.39, 0.29) is 59.9 Å². The summed E-state index contributed by atoms with van der Waals surface area (Å²) in [6, 6.07) is 71.2. The molecule has 0 aliphatic carbocycles. The van der Waals surface area contributed by atoms with Crippen LogP contribution < -0.4 is 36.9 Å². The highest BCUT2D eigenvalue weighted by molar-refractivity contribution is 14.1. The highest BCUT2D eigenvalue weighted by atomic mass is 127. The zero-order chi connectivity index (χ0) is 109. The van der Waals surface area contributed by atoms with Crippen molar-refractivity contribution in [1.29, 1.82) is 0 Å². The number of ether oxygens (including phenoxy) is 2. The molecule has 0 aliphatic rings. The number of carbonyl (C=O) groups is 3. The van der Waals surface area contributed by atoms with Gasteiger partial charge in [-0.05, 0) is 406 Å². The Balaban J connectivity index is 0.000000268. The average molecular weight is 2460 g/mol. The van der Waals surface area contributed by atoms with Gasteiger partial charge in [0.2, 0.25) is 5.91 Å². The highest BCUT2D eigenvalue weighted by Crippen LogP contribution is 2.41. The van der Waals surface area contributed by atoms with Crippen molar-refractivity contribution < 1.29 is 96.4 Å². The third kappa shape index (κ3) is 38.1. The number of benzene rings is 12. The van der Waals surface area contributed by atoms with Crippen LogP contribution in [-0.2, 0) is 75.8 Å². The second kappa shape index (κ2) is 50.6. The van der Waals surface area contributed by atoms with E-state index in [9.17, 15) is 71.8 Å². The number of rotatable bonds is 14. The smallest absolute Gasteiger partial charge is 0.442 e. The molecule has 0 aliphatic heterocycles. The Hall–Kier alpha value is -9.68. The molecular formula is C100H106Cl7I2N9O21S6. The Morgan fingerprint density at radius 3 is 0.828 bits per heavy atom. The van der Waals surface area contributed by atoms with E-state index in [1.165, 1.54) is 224 Å². The standard InChI is InChI=1S/C26H33ClN2O7S.C18H19ClN2O4S.C16H17ClN2O3S.C16H16ClNO3S.C12H11ClINO2S.C6H4Cl2O2S.C6H6IN/c1-18(29(23(30)34-25(2,3)4)36-24(31)35-26(5,6)7)8-9-19-10-14-21(15-11-19)37(28,32,33)22-16-12-20(27)13-17-22;1-13(21(23)14(2)22)3-4-15-5-9-17(10-6-15)26(20,24,25)18-11-7-16(19)8-12-18;1-12(19-20)2-3-13-4-8-15(9-5-13)23(18,21,22)16-10-6-14(17)7-11-16;1-12(19)2-3-13-4-8-15(9-5-13)22(18,20,21)16-10-6-14(17)7-11-16;13-9-1-5-11(6-2-9)18(15,16,17)12-7-3-10(14)4-8-12;7-5-1-3-6(4-2-5)11(8,9)10;7-5-1-3-6(8)4-2-5/h10-18H,1-7H3,(H3,28,32,33);5-13,23H,1-2H3,(H3,20,24,25);4-12,19-20H,1H3,(H3,18,21,22);4-12,19H,1H3,(H3,18,20,21);1-8H,(H3,15,16,17);1-4H;1-4H,8H2. The zero-order valence-electron chi connectivity index (χ0n) is 79.1. The minimum atomic E-state index is -4.84. The van der Waals surface area contributed by atoms with Gasteiger partial charge in [0.15, 0.2) is 0 Å². The van der Waals surface area contributed by atoms with E-state index in [1.54, 1.807) is 123 Å². The topological polar surface area (TPSA) is 535 Å². The quantitative estimate of drug-likeness (QED) is 0.00914. The number of nitrogens with two attached hydrogens (primary N) is 6. The first kappa shape index (κ1) is 124. The molecule has 0 heterocycles. The van der Waals surface area contributed by atoms with Crippen molar-refractivity contribution in [3.05, 3.63) is 351 Å². The lowest BCUT2D eigenvalue weighted by Gasteiger charge is -2.38. The summed E-state index contributed by atoms with van der Waals surface area (Å²) in [5.41, 5.74) is 8.81. The molecule has 145 heavy (non-hydrogen) atoms. The molecule has 0 fully saturated rings. The minimum absolute atomic E-state index is 0.0124. The number of nitrogen functional groups attached to an aromatic ring is 1. The maximum absolute atomic E-state index is 13.3. The SMILES string of the molecule is CC(=O)N(O)C(C)C#Cc1ccc(S(N)(=O)(O)c2ccc(Cl)cc2)cc1.CC(C#Cc1ccc(S(N)(=O)(O)c2ccc(Cl)cc2)cc1)N(OC(=O)OC(C)(C)C)C(=O)OC(C)(C)C.CC(C#Cc1ccc(S(N)(=O)(O)c2ccc(Cl)cc2)cc1)NO.CC(O)C#Cc1ccc(S(N)(=O)(O)c2ccc(Cl)cc2)cc1.NS(=O)(O)(c1ccc(Cl)cc1)c1ccc(I)cc1.Nc1ccc(I)cc1.O=S(=O)(Cl)c1ccc(Cl)cc1. The molecule has 0 spiro atoms. The number of aliphatic hydroxyl groups is 1. The number of anilines is 1. The number of carbonyl (C=O) groups excluding carboxylic acids is 3. The number of hydrogen-bond donors (Lipinski definition) is 15. The summed E-state index contributed by atoms with van der Waals surface area (Å²) in [6.45, 7) is 17.5. The lowest BCUT2D eigenvalue weighted by Crippen LogP contribution is -2.44. The van der Waals surface area contributed by atoms with Gasteiger partial charge in [-0.1, -0.05) is 165 Å². The normalized spacial score (nSPS) is 13.5. The van der Waals surface area contributed by atoms with Crippen LogP contribution >= 0.6 is 125 Å². The van der Waals surface area contributed by atoms with E-state index in [0.29, 0.717) is 62.5 Å². The maximum Gasteiger partial charge on any atom is 0.534 e. The van der Waals surface area contributed by atoms with Crippen LogP contribution in [0.25, 0.3) is 0 Å². The Morgan fingerprint density at radius 2 is 0.600 bits per heavy atom. The second-order valence-corrected chi connectivity index (χ2v) is 55.3. The van der Waals surface area contributed by atoms with Gasteiger partial charge in [-0.2, -0.15) is 26.5 Å². The summed E-state index contributed by atoms with van der Waals surface area (Å²) in [5.74, 6) is 21.6. The molecule has 776 valence electrons. The number of nitrogens with one attached hydrogen (secondary N) is 1. The lowest BCUT2D eigenvalue weighted by atomic mass is 10.2. The number of hydrogen-bond acceptors (Lipinski definition) is 18. The second-order valence-electron chi connectivity index (χ2n) is 33.3. The molecule has 21 N–H and O–H groups in total. The van der Waals surface area contributed by atoms with Gasteiger partial charge in [0, 0.05) is 82.8 Å². The largest absolute Gasteiger partial charge is 0.534 e. The van der Waals surface area contributed by atoms with E-state index >= 15 is 0 Å². The van der Waals surface area contributed by atoms with E-state index in [0.717, 1.165) is 9.26 Å². The molecule has 4 unspecified atom stereocenters. The van der Waals surface area contributed by atoms with E-state index in [2.05, 4.69) is 92.5 Å². The van der Waals surface area contributed by atoms with Gasteiger partial charge in [0.25, 0.3) is 9.05 Å². The van der Waals surface area contributed by atoms with Gasteiger partial charge in [-0.25, -0.2) is 48.8 Å². The Bertz CT molecular complexity index is 7260. The fraction of sp³-hybridized carbons (Fsp3) is 0.170. The number of aliphatic hydroxyl groups excluding tert-OH is 1. The van der Waals surface area contributed by atoms with Crippen LogP contribution in [0.2, 0.25) is 30.1 Å². The monoisotopic (exact) mass is 2460 g/mol. The fourth-order valence-corrected chi connectivity index (χ4v) is 21.5. The van der Waals surface area contributed by atoms with Gasteiger partial charge in [-0.3, -0.25) is 37.6 Å². The predicted molar refractivity (Wildman–Crippen MR) is 590 cm³/mol. The number of nitrogens with zero attached hydrogens (tertiary/aromatic N) is 2. The molecule has 12 rings (SSSR count). The summed E-state index contributed by atoms with van der Waals surface area (Å²) in [5, 5.41) is 60.4. The van der Waals surface area contributed by atoms with Crippen molar-refractivity contribution in [2.45, 2.75) is 165 Å². The van der Waals surface area contributed by atoms with Crippen molar-refractivity contribution in [3.63, 3.8) is 0 Å². The molecule has 0 radical (unpaired) electrons. The van der Waals surface area contributed by atoms with Crippen LogP contribution in [0.1, 0.15) is 98.4 Å². The van der Waals surface area contributed by atoms with E-state index < -0.39 is 104 Å². The van der Waals surface area contributed by atoms with Crippen molar-refractivity contribution >= 4 is 206 Å². The fourth-order valence-electron chi connectivity index (χ4n) is 11.2. The van der Waals surface area contributed by atoms with Crippen LogP contribution in [0.15, 0.2) is 345 Å². The molecule has 0 aromatic heterocycles. The molecule has 45 heteroatoms. The molecule has 0 saturated carbocycles. The van der Waals surface area contributed by atoms with Crippen molar-refractivity contribution in [2.75, 3.05) is 5.73 Å². The molecule has 0 bridgehead atoms. The van der Waals surface area contributed by atoms with Crippen molar-refractivity contribution in [3.8, 4) is 47.4 Å². The molecule has 12 aromatic rings. The molecule has 2 amide bonds. The first-order valence-corrected chi connectivity index (χ1v) is 58.7. The Labute approximate surface area is 904 Å². The lowest BCUT2D eigenvalue weighted by molar-refractivity contribution is -0.166. The third-order valence-corrected chi connectivity index (χ3v) is 35.1. The minimum Gasteiger partial charge on any atom is -0.442 e. The van der Waals surface area contributed by atoms with Crippen molar-refractivity contribution in [2.24, 2.45) is 25.7 Å². The first-order chi connectivity index (χ1) is 66.7.